The molecule has 0 aromatic rings. The van der Waals surface area contributed by atoms with Crippen LogP contribution >= 0.6 is 0 Å². The Kier molecular flexibility index (Phi) is 4.11. The Hall–Kier alpha value is -1.08. The molecule has 1 heteroatoms. The summed E-state index contributed by atoms with van der Waals surface area (Å²) in [5.74, 6) is 0. The molecule has 1 nitrogen and oxygen atoms in total. The van der Waals surface area contributed by atoms with Gasteiger partial charge in [-0.25, -0.2) is 0 Å². The van der Waals surface area contributed by atoms with Gasteiger partial charge in [-0.3, -0.25) is 0 Å². The average Bonchev–Trinajstić information content (AvgIpc) is 2.86. The first-order chi connectivity index (χ1) is 9.29. The molecule has 2 rings (SSSR count). The molecule has 2 aliphatic carbocycles. The Morgan fingerprint density at radius 3 is 2.40 bits per heavy atom. The van der Waals surface area contributed by atoms with E-state index in [1.54, 1.807) is 0 Å². The van der Waals surface area contributed by atoms with Gasteiger partial charge in [0.15, 0.2) is 0 Å². The molecular formula is C19H28O. The highest BCUT2D eigenvalue weighted by Crippen LogP contribution is 2.51. The minimum Gasteiger partial charge on any atom is -0.367 e. The topological polar surface area (TPSA) is 9.23 Å². The van der Waals surface area contributed by atoms with Gasteiger partial charge in [-0.05, 0) is 51.7 Å². The van der Waals surface area contributed by atoms with Crippen LogP contribution in [0.2, 0.25) is 0 Å². The average molecular weight is 272 g/mol. The molecular weight excluding hydrogens is 244 g/mol. The summed E-state index contributed by atoms with van der Waals surface area (Å²) in [4.78, 5) is 0. The second-order valence-corrected chi connectivity index (χ2v) is 6.90. The molecule has 0 bridgehead atoms. The highest BCUT2D eigenvalue weighted by molar-refractivity contribution is 5.43. The Balaban J connectivity index is 2.48. The molecule has 0 radical (unpaired) electrons. The van der Waals surface area contributed by atoms with Gasteiger partial charge in [0.25, 0.3) is 0 Å². The van der Waals surface area contributed by atoms with Crippen molar-refractivity contribution in [3.05, 3.63) is 47.1 Å². The fourth-order valence-corrected chi connectivity index (χ4v) is 3.58. The Labute approximate surface area is 124 Å². The summed E-state index contributed by atoms with van der Waals surface area (Å²) in [6.07, 6.45) is 13.7. The van der Waals surface area contributed by atoms with Gasteiger partial charge in [0.1, 0.15) is 5.60 Å². The van der Waals surface area contributed by atoms with Crippen LogP contribution in [0, 0.1) is 5.41 Å². The minimum absolute atomic E-state index is 0.0257. The predicted octanol–water partition coefficient (Wildman–Crippen LogP) is 5.36. The molecule has 0 saturated carbocycles. The van der Waals surface area contributed by atoms with Crippen LogP contribution in [0.1, 0.15) is 54.4 Å². The van der Waals surface area contributed by atoms with Crippen molar-refractivity contribution in [3.8, 4) is 0 Å². The summed E-state index contributed by atoms with van der Waals surface area (Å²) in [7, 11) is 0. The SMILES string of the molecule is CC1=CCC(OC(C)C)(C(C)(C)C2=CCC=C2)C(C)=C1. The highest BCUT2D eigenvalue weighted by atomic mass is 16.5. The number of hydrogen-bond donors (Lipinski definition) is 0. The van der Waals surface area contributed by atoms with E-state index in [4.69, 9.17) is 4.74 Å². The number of allylic oxidation sites excluding steroid dienone is 5. The van der Waals surface area contributed by atoms with Crippen molar-refractivity contribution in [2.45, 2.75) is 66.1 Å². The third kappa shape index (κ3) is 2.44. The van der Waals surface area contributed by atoms with Gasteiger partial charge in [0.2, 0.25) is 0 Å². The summed E-state index contributed by atoms with van der Waals surface area (Å²) in [6.45, 7) is 13.3. The molecule has 0 heterocycles. The van der Waals surface area contributed by atoms with Crippen molar-refractivity contribution in [2.75, 3.05) is 0 Å². The third-order valence-corrected chi connectivity index (χ3v) is 4.73. The van der Waals surface area contributed by atoms with Crippen LogP contribution in [0.15, 0.2) is 47.1 Å². The standard InChI is InChI=1S/C19H28O/c1-14(2)20-19(12-11-15(3)13-16(19)4)18(5,6)17-9-7-8-10-17/h7,9-11,13-14H,8,12H2,1-6H3. The van der Waals surface area contributed by atoms with Gasteiger partial charge in [0, 0.05) is 5.41 Å². The molecule has 0 N–H and O–H groups in total. The van der Waals surface area contributed by atoms with E-state index in [1.807, 2.05) is 0 Å². The lowest BCUT2D eigenvalue weighted by Gasteiger charge is -2.50. The first-order valence-electron chi connectivity index (χ1n) is 7.70. The zero-order valence-electron chi connectivity index (χ0n) is 13.8. The maximum atomic E-state index is 6.53. The Bertz CT molecular complexity index is 500. The molecule has 1 atom stereocenters. The molecule has 0 aliphatic heterocycles. The van der Waals surface area contributed by atoms with E-state index in [0.717, 1.165) is 12.8 Å². The van der Waals surface area contributed by atoms with Crippen LogP contribution in [0.5, 0.6) is 0 Å². The molecule has 0 fully saturated rings. The van der Waals surface area contributed by atoms with E-state index in [-0.39, 0.29) is 17.1 Å². The van der Waals surface area contributed by atoms with E-state index in [9.17, 15) is 0 Å². The maximum absolute atomic E-state index is 6.53. The van der Waals surface area contributed by atoms with Crippen LogP contribution in [-0.4, -0.2) is 11.7 Å². The van der Waals surface area contributed by atoms with Crippen LogP contribution in [0.3, 0.4) is 0 Å². The first-order valence-corrected chi connectivity index (χ1v) is 7.70. The summed E-state index contributed by atoms with van der Waals surface area (Å²) in [6, 6.07) is 0. The lowest BCUT2D eigenvalue weighted by atomic mass is 9.63. The van der Waals surface area contributed by atoms with Gasteiger partial charge >= 0.3 is 0 Å². The largest absolute Gasteiger partial charge is 0.367 e. The van der Waals surface area contributed by atoms with Crippen LogP contribution in [0.4, 0.5) is 0 Å². The fraction of sp³-hybridized carbons (Fsp3) is 0.579. The van der Waals surface area contributed by atoms with Crippen molar-refractivity contribution in [1.29, 1.82) is 0 Å². The van der Waals surface area contributed by atoms with E-state index < -0.39 is 0 Å². The molecule has 0 aromatic heterocycles. The first kappa shape index (κ1) is 15.3. The Morgan fingerprint density at radius 2 is 1.90 bits per heavy atom. The third-order valence-electron chi connectivity index (χ3n) is 4.73. The number of rotatable bonds is 4. The van der Waals surface area contributed by atoms with Crippen molar-refractivity contribution in [3.63, 3.8) is 0 Å². The zero-order chi connectivity index (χ0) is 15.0. The minimum atomic E-state index is -0.235. The molecule has 110 valence electrons. The summed E-state index contributed by atoms with van der Waals surface area (Å²) in [5, 5.41) is 0. The van der Waals surface area contributed by atoms with Crippen molar-refractivity contribution in [1.82, 2.24) is 0 Å². The molecule has 0 aromatic carbocycles. The van der Waals surface area contributed by atoms with Crippen molar-refractivity contribution < 1.29 is 4.74 Å². The van der Waals surface area contributed by atoms with E-state index in [2.05, 4.69) is 71.9 Å². The molecule has 0 spiro atoms. The van der Waals surface area contributed by atoms with Gasteiger partial charge < -0.3 is 4.74 Å². The van der Waals surface area contributed by atoms with Crippen LogP contribution in [-0.2, 0) is 4.74 Å². The second kappa shape index (κ2) is 5.37. The van der Waals surface area contributed by atoms with Crippen molar-refractivity contribution >= 4 is 0 Å². The molecule has 0 amide bonds. The van der Waals surface area contributed by atoms with Gasteiger partial charge in [-0.2, -0.15) is 0 Å². The normalized spacial score (nSPS) is 26.6. The van der Waals surface area contributed by atoms with Gasteiger partial charge in [0.05, 0.1) is 6.10 Å². The van der Waals surface area contributed by atoms with Crippen molar-refractivity contribution in [2.24, 2.45) is 5.41 Å². The Morgan fingerprint density at radius 1 is 1.20 bits per heavy atom. The zero-order valence-corrected chi connectivity index (χ0v) is 13.8. The van der Waals surface area contributed by atoms with E-state index >= 15 is 0 Å². The predicted molar refractivity (Wildman–Crippen MR) is 86.7 cm³/mol. The van der Waals surface area contributed by atoms with Gasteiger partial charge in [-0.1, -0.05) is 49.8 Å². The lowest BCUT2D eigenvalue weighted by Crippen LogP contribution is -2.50. The summed E-state index contributed by atoms with van der Waals surface area (Å²) < 4.78 is 6.53. The number of ether oxygens (including phenoxy) is 1. The maximum Gasteiger partial charge on any atom is 0.102 e. The van der Waals surface area contributed by atoms with Crippen LogP contribution in [0.25, 0.3) is 0 Å². The van der Waals surface area contributed by atoms with Crippen LogP contribution < -0.4 is 0 Å². The summed E-state index contributed by atoms with van der Waals surface area (Å²) in [5.41, 5.74) is 3.83. The smallest absolute Gasteiger partial charge is 0.102 e. The monoisotopic (exact) mass is 272 g/mol. The molecule has 0 saturated heterocycles. The summed E-state index contributed by atoms with van der Waals surface area (Å²) >= 11 is 0. The number of hydrogen-bond acceptors (Lipinski definition) is 1. The lowest BCUT2D eigenvalue weighted by molar-refractivity contribution is -0.109. The second-order valence-electron chi connectivity index (χ2n) is 6.90. The molecule has 20 heavy (non-hydrogen) atoms. The highest BCUT2D eigenvalue weighted by Gasteiger charge is 2.49. The van der Waals surface area contributed by atoms with E-state index in [0.29, 0.717) is 0 Å². The molecule has 2 aliphatic rings. The van der Waals surface area contributed by atoms with E-state index in [1.165, 1.54) is 16.7 Å². The quantitative estimate of drug-likeness (QED) is 0.669. The van der Waals surface area contributed by atoms with Gasteiger partial charge in [-0.15, -0.1) is 0 Å². The fourth-order valence-electron chi connectivity index (χ4n) is 3.58. The molecule has 1 unspecified atom stereocenters.